The van der Waals surface area contributed by atoms with Crippen molar-refractivity contribution < 1.29 is 9.53 Å². The van der Waals surface area contributed by atoms with E-state index < -0.39 is 0 Å². The highest BCUT2D eigenvalue weighted by molar-refractivity contribution is 8.00. The molecule has 0 bridgehead atoms. The number of nitrogens with zero attached hydrogens (tertiary/aromatic N) is 2. The Hall–Kier alpha value is -3.09. The fourth-order valence-corrected chi connectivity index (χ4v) is 4.65. The Labute approximate surface area is 198 Å². The van der Waals surface area contributed by atoms with Crippen LogP contribution in [-0.4, -0.2) is 41.2 Å². The smallest absolute Gasteiger partial charge is 0.271 e. The van der Waals surface area contributed by atoms with E-state index in [9.17, 15) is 4.79 Å². The van der Waals surface area contributed by atoms with E-state index in [0.717, 1.165) is 48.9 Å². The van der Waals surface area contributed by atoms with E-state index >= 15 is 0 Å². The van der Waals surface area contributed by atoms with Crippen LogP contribution in [0.25, 0.3) is 0 Å². The van der Waals surface area contributed by atoms with Crippen molar-refractivity contribution in [2.45, 2.75) is 25.6 Å². The van der Waals surface area contributed by atoms with Crippen molar-refractivity contribution in [3.63, 3.8) is 0 Å². The largest absolute Gasteiger partial charge is 0.489 e. The maximum atomic E-state index is 12.5. The molecule has 33 heavy (non-hydrogen) atoms. The van der Waals surface area contributed by atoms with Gasteiger partial charge in [-0.3, -0.25) is 9.69 Å². The van der Waals surface area contributed by atoms with Gasteiger partial charge >= 0.3 is 0 Å². The summed E-state index contributed by atoms with van der Waals surface area (Å²) >= 11 is 1.89. The van der Waals surface area contributed by atoms with Crippen LogP contribution < -0.4 is 10.2 Å². The Morgan fingerprint density at radius 1 is 1.06 bits per heavy atom. The number of hydrogen-bond donors (Lipinski definition) is 1. The lowest BCUT2D eigenvalue weighted by Crippen LogP contribution is -2.31. The molecule has 0 aromatic heterocycles. The second-order valence-electron chi connectivity index (χ2n) is 8.48. The molecular formula is C27H27N3O2S. The summed E-state index contributed by atoms with van der Waals surface area (Å²) in [5, 5.41) is 4.12. The minimum absolute atomic E-state index is 0.219. The highest BCUT2D eigenvalue weighted by Crippen LogP contribution is 2.24. The molecule has 1 amide bonds. The molecular weight excluding hydrogens is 430 g/mol. The lowest BCUT2D eigenvalue weighted by Gasteiger charge is -2.28. The number of hydrogen-bond acceptors (Lipinski definition) is 5. The van der Waals surface area contributed by atoms with Crippen molar-refractivity contribution >= 4 is 23.9 Å². The van der Waals surface area contributed by atoms with Gasteiger partial charge in [-0.15, -0.1) is 0 Å². The van der Waals surface area contributed by atoms with Crippen molar-refractivity contribution in [3.05, 3.63) is 101 Å². The molecule has 3 aromatic carbocycles. The lowest BCUT2D eigenvalue weighted by molar-refractivity contribution is 0.0955. The Kier molecular flexibility index (Phi) is 6.74. The molecule has 2 aliphatic heterocycles. The molecule has 0 saturated carbocycles. The third-order valence-electron chi connectivity index (χ3n) is 5.98. The molecule has 1 saturated heterocycles. The minimum atomic E-state index is -0.219. The average Bonchev–Trinajstić information content (AvgIpc) is 2.82. The van der Waals surface area contributed by atoms with Crippen molar-refractivity contribution in [2.75, 3.05) is 18.1 Å². The normalized spacial score (nSPS) is 16.2. The van der Waals surface area contributed by atoms with Gasteiger partial charge in [0.25, 0.3) is 5.91 Å². The first-order chi connectivity index (χ1) is 16.2. The van der Waals surface area contributed by atoms with Gasteiger partial charge in [0.15, 0.2) is 0 Å². The summed E-state index contributed by atoms with van der Waals surface area (Å²) in [6.07, 6.45) is 3.03. The van der Waals surface area contributed by atoms with Gasteiger partial charge in [-0.1, -0.05) is 48.5 Å². The molecule has 3 aromatic rings. The number of hydrazone groups is 1. The molecule has 5 nitrogen and oxygen atoms in total. The summed E-state index contributed by atoms with van der Waals surface area (Å²) in [5.74, 6) is 2.70. The number of fused-ring (bicyclic) bond motifs is 1. The summed E-state index contributed by atoms with van der Waals surface area (Å²) in [6.45, 7) is 2.91. The predicted octanol–water partition coefficient (Wildman–Crippen LogP) is 4.50. The molecule has 2 aliphatic rings. The lowest BCUT2D eigenvalue weighted by atomic mass is 9.99. The number of carbonyl (C=O) groups excluding carboxylic acids is 1. The molecule has 1 N–H and O–H groups in total. The van der Waals surface area contributed by atoms with E-state index in [1.54, 1.807) is 6.21 Å². The first kappa shape index (κ1) is 21.7. The van der Waals surface area contributed by atoms with Crippen LogP contribution in [0.1, 0.15) is 32.6 Å². The first-order valence-corrected chi connectivity index (χ1v) is 12.4. The van der Waals surface area contributed by atoms with Crippen molar-refractivity contribution in [1.29, 1.82) is 0 Å². The molecule has 6 heteroatoms. The third kappa shape index (κ3) is 5.64. The van der Waals surface area contributed by atoms with Crippen molar-refractivity contribution in [1.82, 2.24) is 10.3 Å². The van der Waals surface area contributed by atoms with Crippen molar-refractivity contribution in [3.8, 4) is 5.75 Å². The Morgan fingerprint density at radius 3 is 2.67 bits per heavy atom. The van der Waals surface area contributed by atoms with Gasteiger partial charge in [0.2, 0.25) is 0 Å². The van der Waals surface area contributed by atoms with E-state index in [1.165, 1.54) is 16.7 Å². The molecule has 0 atom stereocenters. The molecule has 0 spiro atoms. The molecule has 0 unspecified atom stereocenters. The van der Waals surface area contributed by atoms with Crippen LogP contribution in [0.4, 0.5) is 0 Å². The van der Waals surface area contributed by atoms with E-state index in [-0.39, 0.29) is 5.91 Å². The molecule has 2 heterocycles. The van der Waals surface area contributed by atoms with Gasteiger partial charge in [0, 0.05) is 36.7 Å². The van der Waals surface area contributed by atoms with E-state index in [2.05, 4.69) is 39.7 Å². The van der Waals surface area contributed by atoms with Gasteiger partial charge in [0.05, 0.1) is 6.21 Å². The molecule has 0 aliphatic carbocycles. The van der Waals surface area contributed by atoms with Crippen LogP contribution in [0.5, 0.6) is 5.75 Å². The highest BCUT2D eigenvalue weighted by Gasteiger charge is 2.19. The average molecular weight is 458 g/mol. The predicted molar refractivity (Wildman–Crippen MR) is 134 cm³/mol. The zero-order chi connectivity index (χ0) is 22.5. The maximum Gasteiger partial charge on any atom is 0.271 e. The zero-order valence-electron chi connectivity index (χ0n) is 18.4. The van der Waals surface area contributed by atoms with Crippen LogP contribution >= 0.6 is 11.8 Å². The second-order valence-corrected chi connectivity index (χ2v) is 9.55. The first-order valence-electron chi connectivity index (χ1n) is 11.3. The van der Waals surface area contributed by atoms with Crippen LogP contribution in [0.2, 0.25) is 0 Å². The molecule has 168 valence electrons. The third-order valence-corrected chi connectivity index (χ3v) is 7.20. The van der Waals surface area contributed by atoms with Gasteiger partial charge in [-0.25, -0.2) is 5.43 Å². The number of thioether (sulfide) groups is 1. The molecule has 5 rings (SSSR count). The van der Waals surface area contributed by atoms with Crippen molar-refractivity contribution in [2.24, 2.45) is 5.10 Å². The van der Waals surface area contributed by atoms with Crippen LogP contribution in [0, 0.1) is 0 Å². The van der Waals surface area contributed by atoms with E-state index in [0.29, 0.717) is 11.7 Å². The van der Waals surface area contributed by atoms with Gasteiger partial charge in [-0.05, 0) is 52.9 Å². The number of ether oxygens (including phenoxy) is 1. The second kappa shape index (κ2) is 10.2. The van der Waals surface area contributed by atoms with Crippen LogP contribution in [0.15, 0.2) is 77.9 Å². The standard InChI is InChI=1S/C27H27N3O2S/c31-27(29-28-15-21-4-3-7-25(14-21)32-26-18-33-19-26)23-10-8-20(9-11-23)16-30-13-12-22-5-1-2-6-24(22)17-30/h1-11,14-15,26H,12-13,16-19H2,(H,29,31)/b28-15-. The summed E-state index contributed by atoms with van der Waals surface area (Å²) < 4.78 is 5.90. The van der Waals surface area contributed by atoms with Gasteiger partial charge in [0.1, 0.15) is 11.9 Å². The number of carbonyl (C=O) groups is 1. The van der Waals surface area contributed by atoms with Crippen LogP contribution in [0.3, 0.4) is 0 Å². The zero-order valence-corrected chi connectivity index (χ0v) is 19.3. The minimum Gasteiger partial charge on any atom is -0.489 e. The van der Waals surface area contributed by atoms with Gasteiger partial charge < -0.3 is 4.74 Å². The van der Waals surface area contributed by atoms with Crippen LogP contribution in [-0.2, 0) is 19.5 Å². The fourth-order valence-electron chi connectivity index (χ4n) is 4.08. The SMILES string of the molecule is O=C(N/N=C\c1cccc(OC2CSC2)c1)c1ccc(CN2CCc3ccccc3C2)cc1. The maximum absolute atomic E-state index is 12.5. The molecule has 1 fully saturated rings. The molecule has 0 radical (unpaired) electrons. The number of benzene rings is 3. The Morgan fingerprint density at radius 2 is 1.88 bits per heavy atom. The van der Waals surface area contributed by atoms with Gasteiger partial charge in [-0.2, -0.15) is 16.9 Å². The quantitative estimate of drug-likeness (QED) is 0.419. The summed E-state index contributed by atoms with van der Waals surface area (Å²) in [6, 6.07) is 24.2. The topological polar surface area (TPSA) is 53.9 Å². The summed E-state index contributed by atoms with van der Waals surface area (Å²) in [7, 11) is 0. The summed E-state index contributed by atoms with van der Waals surface area (Å²) in [4.78, 5) is 14.9. The Bertz CT molecular complexity index is 1140. The Balaban J connectivity index is 1.13. The fraction of sp³-hybridized carbons (Fsp3) is 0.259. The highest BCUT2D eigenvalue weighted by atomic mass is 32.2. The summed E-state index contributed by atoms with van der Waals surface area (Å²) in [5.41, 5.74) is 8.18. The van der Waals surface area contributed by atoms with E-state index in [1.807, 2.05) is 60.3 Å². The van der Waals surface area contributed by atoms with E-state index in [4.69, 9.17) is 4.74 Å². The number of nitrogens with one attached hydrogen (secondary N) is 1. The monoisotopic (exact) mass is 457 g/mol. The number of amides is 1. The number of rotatable bonds is 7.